The Morgan fingerprint density at radius 2 is 1.85 bits per heavy atom. The first-order chi connectivity index (χ1) is 16.2. The minimum atomic E-state index is -3.55. The third kappa shape index (κ3) is 4.94. The molecule has 4 rings (SSSR count). The number of amides is 1. The minimum Gasteiger partial charge on any atom is -0.313 e. The molecule has 0 atom stereocenters. The molecule has 1 aromatic heterocycles. The largest absolute Gasteiger partial charge is 0.313 e. The molecular weight excluding hydrogens is 466 g/mol. The average molecular weight is 498 g/mol. The lowest BCUT2D eigenvalue weighted by atomic mass is 9.98. The van der Waals surface area contributed by atoms with Gasteiger partial charge in [-0.05, 0) is 55.5 Å². The van der Waals surface area contributed by atoms with Gasteiger partial charge < -0.3 is 4.57 Å². The molecule has 3 aromatic rings. The first kappa shape index (κ1) is 24.6. The molecule has 0 N–H and O–H groups in total. The second-order valence-corrected chi connectivity index (χ2v) is 12.1. The predicted octanol–water partition coefficient (Wildman–Crippen LogP) is 4.85. The first-order valence-electron chi connectivity index (χ1n) is 11.6. The predicted molar refractivity (Wildman–Crippen MR) is 137 cm³/mol. The fourth-order valence-electron chi connectivity index (χ4n) is 4.23. The summed E-state index contributed by atoms with van der Waals surface area (Å²) in [5.41, 5.74) is 3.31. The lowest BCUT2D eigenvalue weighted by Crippen LogP contribution is -2.40. The van der Waals surface area contributed by atoms with E-state index >= 15 is 0 Å². The van der Waals surface area contributed by atoms with Crippen LogP contribution < -0.4 is 4.80 Å². The number of piperidine rings is 1. The number of aromatic nitrogens is 1. The Balaban J connectivity index is 1.54. The highest BCUT2D eigenvalue weighted by atomic mass is 32.2. The Morgan fingerprint density at radius 1 is 1.18 bits per heavy atom. The highest BCUT2D eigenvalue weighted by molar-refractivity contribution is 7.89. The Bertz CT molecular complexity index is 1370. The lowest BCUT2D eigenvalue weighted by molar-refractivity contribution is -0.122. The van der Waals surface area contributed by atoms with Gasteiger partial charge in [0.1, 0.15) is 0 Å². The summed E-state index contributed by atoms with van der Waals surface area (Å²) in [5, 5.41) is 0. The van der Waals surface area contributed by atoms with Crippen molar-refractivity contribution in [2.45, 2.75) is 51.0 Å². The zero-order valence-corrected chi connectivity index (χ0v) is 21.5. The molecule has 8 heteroatoms. The van der Waals surface area contributed by atoms with Gasteiger partial charge in [0.25, 0.3) is 5.91 Å². The molecule has 1 amide bonds. The number of rotatable bonds is 6. The zero-order chi connectivity index (χ0) is 24.5. The van der Waals surface area contributed by atoms with Crippen LogP contribution in [0, 0.1) is 12.8 Å². The molecule has 2 heterocycles. The normalized spacial score (nSPS) is 16.4. The maximum Gasteiger partial charge on any atom is 0.251 e. The van der Waals surface area contributed by atoms with Gasteiger partial charge in [0.2, 0.25) is 10.0 Å². The number of carbonyl (C=O) groups excluding carboxylic acids is 1. The maximum absolute atomic E-state index is 13.1. The summed E-state index contributed by atoms with van der Waals surface area (Å²) in [6.07, 6.45) is 2.75. The van der Waals surface area contributed by atoms with Gasteiger partial charge in [-0.25, -0.2) is 8.42 Å². The van der Waals surface area contributed by atoms with Crippen molar-refractivity contribution in [3.8, 4) is 0 Å². The number of sulfonamides is 1. The van der Waals surface area contributed by atoms with Crippen LogP contribution in [0.4, 0.5) is 0 Å². The number of carbonyl (C=O) groups is 1. The highest BCUT2D eigenvalue weighted by Crippen LogP contribution is 2.26. The average Bonchev–Trinajstić information content (AvgIpc) is 3.15. The second kappa shape index (κ2) is 9.98. The van der Waals surface area contributed by atoms with Gasteiger partial charge in [-0.15, -0.1) is 6.58 Å². The van der Waals surface area contributed by atoms with Crippen LogP contribution in [0.15, 0.2) is 65.0 Å². The molecule has 0 aliphatic carbocycles. The van der Waals surface area contributed by atoms with E-state index in [4.69, 9.17) is 0 Å². The molecule has 0 saturated carbocycles. The van der Waals surface area contributed by atoms with Crippen molar-refractivity contribution in [2.75, 3.05) is 13.1 Å². The Labute approximate surface area is 205 Å². The zero-order valence-electron chi connectivity index (χ0n) is 19.9. The molecule has 0 radical (unpaired) electrons. The van der Waals surface area contributed by atoms with Crippen LogP contribution in [0.2, 0.25) is 0 Å². The van der Waals surface area contributed by atoms with Crippen LogP contribution in [0.25, 0.3) is 10.2 Å². The maximum atomic E-state index is 13.1. The third-order valence-corrected chi connectivity index (χ3v) is 9.31. The molecule has 0 unspecified atom stereocenters. The molecule has 1 saturated heterocycles. The summed E-state index contributed by atoms with van der Waals surface area (Å²) in [6.45, 7) is 11.3. The van der Waals surface area contributed by atoms with Crippen molar-refractivity contribution in [2.24, 2.45) is 10.9 Å². The van der Waals surface area contributed by atoms with Crippen LogP contribution in [0.1, 0.15) is 43.7 Å². The number of fused-ring (bicyclic) bond motifs is 1. The van der Waals surface area contributed by atoms with E-state index in [-0.39, 0.29) is 11.8 Å². The van der Waals surface area contributed by atoms with E-state index in [1.807, 2.05) is 11.5 Å². The van der Waals surface area contributed by atoms with Gasteiger partial charge in [0.15, 0.2) is 4.80 Å². The quantitative estimate of drug-likeness (QED) is 0.457. The molecule has 1 aliphatic heterocycles. The van der Waals surface area contributed by atoms with Gasteiger partial charge in [-0.3, -0.25) is 4.79 Å². The van der Waals surface area contributed by atoms with Crippen LogP contribution in [-0.4, -0.2) is 36.3 Å². The Hall–Kier alpha value is -2.55. The van der Waals surface area contributed by atoms with Crippen LogP contribution in [-0.2, 0) is 21.4 Å². The molecule has 0 spiro atoms. The molecule has 34 heavy (non-hydrogen) atoms. The summed E-state index contributed by atoms with van der Waals surface area (Å²) in [7, 11) is -3.55. The number of nitrogens with zero attached hydrogens (tertiary/aromatic N) is 3. The van der Waals surface area contributed by atoms with E-state index in [2.05, 4.69) is 43.6 Å². The van der Waals surface area contributed by atoms with Gasteiger partial charge in [0, 0.05) is 25.6 Å². The molecule has 2 aromatic carbocycles. The van der Waals surface area contributed by atoms with E-state index in [0.29, 0.717) is 48.1 Å². The summed E-state index contributed by atoms with van der Waals surface area (Å²) in [4.78, 5) is 18.5. The number of benzene rings is 2. The molecule has 1 fully saturated rings. The van der Waals surface area contributed by atoms with Crippen molar-refractivity contribution in [3.63, 3.8) is 0 Å². The minimum absolute atomic E-state index is 0.180. The van der Waals surface area contributed by atoms with Gasteiger partial charge >= 0.3 is 0 Å². The van der Waals surface area contributed by atoms with Crippen LogP contribution in [0.5, 0.6) is 0 Å². The molecule has 0 bridgehead atoms. The van der Waals surface area contributed by atoms with E-state index in [1.54, 1.807) is 30.3 Å². The SMILES string of the molecule is C=CCn1c(=NC(=O)C2CCN(S(=O)(=O)c3ccc(C)cc3)CC2)sc2cc(C(C)C)ccc21. The summed E-state index contributed by atoms with van der Waals surface area (Å²) in [6, 6.07) is 13.3. The van der Waals surface area contributed by atoms with E-state index in [1.165, 1.54) is 21.2 Å². The Morgan fingerprint density at radius 3 is 2.47 bits per heavy atom. The van der Waals surface area contributed by atoms with E-state index in [9.17, 15) is 13.2 Å². The fourth-order valence-corrected chi connectivity index (χ4v) is 6.79. The second-order valence-electron chi connectivity index (χ2n) is 9.11. The molecule has 180 valence electrons. The summed E-state index contributed by atoms with van der Waals surface area (Å²) in [5.74, 6) is -0.0401. The topological polar surface area (TPSA) is 71.7 Å². The summed E-state index contributed by atoms with van der Waals surface area (Å²) < 4.78 is 30.5. The smallest absolute Gasteiger partial charge is 0.251 e. The molecule has 6 nitrogen and oxygen atoms in total. The van der Waals surface area contributed by atoms with E-state index in [0.717, 1.165) is 15.8 Å². The number of allylic oxidation sites excluding steroid dienone is 1. The lowest BCUT2D eigenvalue weighted by Gasteiger charge is -2.29. The van der Waals surface area contributed by atoms with Gasteiger partial charge in [-0.1, -0.05) is 55.0 Å². The van der Waals surface area contributed by atoms with Gasteiger partial charge in [-0.2, -0.15) is 9.30 Å². The highest BCUT2D eigenvalue weighted by Gasteiger charge is 2.32. The Kier molecular flexibility index (Phi) is 7.21. The molecule has 1 aliphatic rings. The van der Waals surface area contributed by atoms with Crippen molar-refractivity contribution in [1.29, 1.82) is 0 Å². The number of hydrogen-bond donors (Lipinski definition) is 0. The van der Waals surface area contributed by atoms with Crippen molar-refractivity contribution in [3.05, 3.63) is 71.0 Å². The molecular formula is C26H31N3O3S2. The monoisotopic (exact) mass is 497 g/mol. The van der Waals surface area contributed by atoms with Crippen LogP contribution >= 0.6 is 11.3 Å². The van der Waals surface area contributed by atoms with Gasteiger partial charge in [0.05, 0.1) is 15.1 Å². The standard InChI is InChI=1S/C26H31N3O3S2/c1-5-14-29-23-11-8-21(18(2)3)17-24(23)33-26(29)27-25(30)20-12-15-28(16-13-20)34(31,32)22-9-6-19(4)7-10-22/h5-11,17-18,20H,1,12-16H2,2-4H3. The first-order valence-corrected chi connectivity index (χ1v) is 13.9. The van der Waals surface area contributed by atoms with Crippen molar-refractivity contribution < 1.29 is 13.2 Å². The number of hydrogen-bond acceptors (Lipinski definition) is 4. The van der Waals surface area contributed by atoms with E-state index < -0.39 is 10.0 Å². The number of aryl methyl sites for hydroxylation is 1. The van der Waals surface area contributed by atoms with Crippen LogP contribution in [0.3, 0.4) is 0 Å². The summed E-state index contributed by atoms with van der Waals surface area (Å²) >= 11 is 1.51. The van der Waals surface area contributed by atoms with Crippen molar-refractivity contribution in [1.82, 2.24) is 8.87 Å². The third-order valence-electron chi connectivity index (χ3n) is 6.35. The number of thiazole rings is 1. The fraction of sp³-hybridized carbons (Fsp3) is 0.385. The van der Waals surface area contributed by atoms with Crippen molar-refractivity contribution >= 4 is 37.5 Å².